The number of ether oxygens (including phenoxy) is 1. The van der Waals surface area contributed by atoms with Gasteiger partial charge in [-0.05, 0) is 68.3 Å². The molecule has 4 nitrogen and oxygen atoms in total. The summed E-state index contributed by atoms with van der Waals surface area (Å²) in [5.74, 6) is 0.545. The van der Waals surface area contributed by atoms with E-state index in [1.165, 1.54) is 68.1 Å². The number of nitrogens with one attached hydrogen (secondary N) is 1. The van der Waals surface area contributed by atoms with Crippen LogP contribution in [-0.4, -0.2) is 36.0 Å². The van der Waals surface area contributed by atoms with Crippen LogP contribution in [0.25, 0.3) is 11.3 Å². The average Bonchev–Trinajstić information content (AvgIpc) is 3.41. The summed E-state index contributed by atoms with van der Waals surface area (Å²) in [6.07, 6.45) is 12.5. The van der Waals surface area contributed by atoms with Crippen molar-refractivity contribution in [3.05, 3.63) is 83.0 Å². The average molecular weight is 500 g/mol. The lowest BCUT2D eigenvalue weighted by atomic mass is 9.91. The van der Waals surface area contributed by atoms with E-state index in [0.717, 1.165) is 49.6 Å². The first kappa shape index (κ1) is 27.5. The van der Waals surface area contributed by atoms with Crippen molar-refractivity contribution in [2.75, 3.05) is 19.8 Å². The third-order valence-electron chi connectivity index (χ3n) is 7.76. The molecule has 0 aliphatic carbocycles. The summed E-state index contributed by atoms with van der Waals surface area (Å²) in [7, 11) is 0. The van der Waals surface area contributed by atoms with Crippen molar-refractivity contribution in [3.63, 3.8) is 0 Å². The van der Waals surface area contributed by atoms with Gasteiger partial charge in [-0.15, -0.1) is 0 Å². The number of benzene rings is 2. The molecule has 1 aliphatic heterocycles. The molecule has 0 unspecified atom stereocenters. The van der Waals surface area contributed by atoms with Crippen LogP contribution in [-0.2, 0) is 17.6 Å². The Morgan fingerprint density at radius 2 is 1.65 bits per heavy atom. The van der Waals surface area contributed by atoms with Gasteiger partial charge in [0.05, 0.1) is 18.0 Å². The summed E-state index contributed by atoms with van der Waals surface area (Å²) in [6.45, 7) is 6.94. The van der Waals surface area contributed by atoms with E-state index in [4.69, 9.17) is 4.74 Å². The lowest BCUT2D eigenvalue weighted by Crippen LogP contribution is -2.31. The van der Waals surface area contributed by atoms with Crippen LogP contribution in [0.15, 0.2) is 60.7 Å². The zero-order valence-electron chi connectivity index (χ0n) is 22.9. The maximum atomic E-state index is 6.16. The van der Waals surface area contributed by atoms with Gasteiger partial charge < -0.3 is 10.1 Å². The molecule has 0 amide bonds. The van der Waals surface area contributed by atoms with Gasteiger partial charge in [0.1, 0.15) is 0 Å². The Morgan fingerprint density at radius 3 is 2.46 bits per heavy atom. The highest BCUT2D eigenvalue weighted by Gasteiger charge is 2.28. The molecular weight excluding hydrogens is 454 g/mol. The minimum atomic E-state index is 0.401. The molecule has 1 saturated heterocycles. The Kier molecular flexibility index (Phi) is 11.1. The van der Waals surface area contributed by atoms with Crippen LogP contribution in [0.1, 0.15) is 86.6 Å². The number of hydrogen-bond acceptors (Lipinski definition) is 4. The standard InChI is InChI=1S/C33H45N3O/c1-3-4-5-6-7-9-13-27-17-19-28(20-18-27)31-21-22-34-33(31)25-37-23-12-16-30-24-32(36-35-26(30)2)29-14-10-8-11-15-29/h8,10-11,14-15,17-20,24,31,33-34H,3-7,9,12-13,16,21-23,25H2,1-2H3/t31-,33-/m1/s1. The van der Waals surface area contributed by atoms with Crippen molar-refractivity contribution in [3.8, 4) is 11.3 Å². The summed E-state index contributed by atoms with van der Waals surface area (Å²) in [6, 6.07) is 22.3. The highest BCUT2D eigenvalue weighted by Crippen LogP contribution is 2.28. The van der Waals surface area contributed by atoms with Crippen LogP contribution < -0.4 is 5.32 Å². The van der Waals surface area contributed by atoms with Crippen molar-refractivity contribution in [1.29, 1.82) is 0 Å². The van der Waals surface area contributed by atoms with E-state index in [1.807, 2.05) is 25.1 Å². The fourth-order valence-corrected chi connectivity index (χ4v) is 5.45. The van der Waals surface area contributed by atoms with Crippen molar-refractivity contribution < 1.29 is 4.74 Å². The highest BCUT2D eigenvalue weighted by atomic mass is 16.5. The maximum Gasteiger partial charge on any atom is 0.0932 e. The Morgan fingerprint density at radius 1 is 0.865 bits per heavy atom. The van der Waals surface area contributed by atoms with E-state index >= 15 is 0 Å². The van der Waals surface area contributed by atoms with Gasteiger partial charge in [-0.25, -0.2) is 0 Å². The third kappa shape index (κ3) is 8.48. The number of rotatable bonds is 15. The van der Waals surface area contributed by atoms with Gasteiger partial charge in [0, 0.05) is 24.1 Å². The molecule has 1 fully saturated rings. The Labute approximate surface area is 224 Å². The first-order valence-corrected chi connectivity index (χ1v) is 14.5. The SMILES string of the molecule is CCCCCCCCc1ccc([C@H]2CCN[C@@H]2COCCCc2cc(-c3ccccc3)nnc2C)cc1. The fraction of sp³-hybridized carbons (Fsp3) is 0.515. The van der Waals surface area contributed by atoms with Gasteiger partial charge in [0.25, 0.3) is 0 Å². The number of nitrogens with zero attached hydrogens (tertiary/aromatic N) is 2. The molecule has 0 bridgehead atoms. The van der Waals surface area contributed by atoms with E-state index in [0.29, 0.717) is 12.0 Å². The van der Waals surface area contributed by atoms with Crippen molar-refractivity contribution in [2.24, 2.45) is 0 Å². The molecule has 1 aromatic heterocycles. The molecule has 1 N–H and O–H groups in total. The van der Waals surface area contributed by atoms with Gasteiger partial charge in [0.15, 0.2) is 0 Å². The Bertz CT molecular complexity index is 1050. The fourth-order valence-electron chi connectivity index (χ4n) is 5.45. The Balaban J connectivity index is 1.18. The van der Waals surface area contributed by atoms with E-state index in [1.54, 1.807) is 0 Å². The lowest BCUT2D eigenvalue weighted by molar-refractivity contribution is 0.110. The topological polar surface area (TPSA) is 47.0 Å². The minimum Gasteiger partial charge on any atom is -0.380 e. The lowest BCUT2D eigenvalue weighted by Gasteiger charge is -2.20. The molecule has 2 heterocycles. The minimum absolute atomic E-state index is 0.401. The summed E-state index contributed by atoms with van der Waals surface area (Å²) in [5, 5.41) is 12.5. The second-order valence-electron chi connectivity index (χ2n) is 10.6. The highest BCUT2D eigenvalue weighted by molar-refractivity contribution is 5.59. The molecule has 4 rings (SSSR count). The summed E-state index contributed by atoms with van der Waals surface area (Å²) < 4.78 is 6.16. The van der Waals surface area contributed by atoms with E-state index < -0.39 is 0 Å². The van der Waals surface area contributed by atoms with Crippen LogP contribution in [0.4, 0.5) is 0 Å². The van der Waals surface area contributed by atoms with Crippen molar-refractivity contribution >= 4 is 0 Å². The van der Waals surface area contributed by atoms with E-state index in [2.05, 4.69) is 64.9 Å². The van der Waals surface area contributed by atoms with Crippen LogP contribution in [0, 0.1) is 6.92 Å². The van der Waals surface area contributed by atoms with Crippen LogP contribution >= 0.6 is 0 Å². The van der Waals surface area contributed by atoms with Gasteiger partial charge in [-0.1, -0.05) is 93.6 Å². The van der Waals surface area contributed by atoms with E-state index in [9.17, 15) is 0 Å². The largest absolute Gasteiger partial charge is 0.380 e. The molecule has 37 heavy (non-hydrogen) atoms. The molecule has 2 atom stereocenters. The van der Waals surface area contributed by atoms with Crippen LogP contribution in [0.2, 0.25) is 0 Å². The molecule has 0 radical (unpaired) electrons. The van der Waals surface area contributed by atoms with Crippen LogP contribution in [0.3, 0.4) is 0 Å². The van der Waals surface area contributed by atoms with Crippen molar-refractivity contribution in [2.45, 2.75) is 90.0 Å². The molecule has 3 aromatic rings. The maximum absolute atomic E-state index is 6.16. The third-order valence-corrected chi connectivity index (χ3v) is 7.76. The van der Waals surface area contributed by atoms with Crippen LogP contribution in [0.5, 0.6) is 0 Å². The molecule has 0 spiro atoms. The molecule has 1 aliphatic rings. The van der Waals surface area contributed by atoms with Gasteiger partial charge >= 0.3 is 0 Å². The number of hydrogen-bond donors (Lipinski definition) is 1. The smallest absolute Gasteiger partial charge is 0.0932 e. The Hall–Kier alpha value is -2.56. The second kappa shape index (κ2) is 15.0. The predicted octanol–water partition coefficient (Wildman–Crippen LogP) is 7.45. The predicted molar refractivity (Wildman–Crippen MR) is 154 cm³/mol. The number of aromatic nitrogens is 2. The second-order valence-corrected chi connectivity index (χ2v) is 10.6. The first-order valence-electron chi connectivity index (χ1n) is 14.5. The first-order chi connectivity index (χ1) is 18.2. The van der Waals surface area contributed by atoms with Gasteiger partial charge in [0.2, 0.25) is 0 Å². The normalized spacial score (nSPS) is 17.4. The molecule has 2 aromatic carbocycles. The summed E-state index contributed by atoms with van der Waals surface area (Å²) >= 11 is 0. The number of aryl methyl sites for hydroxylation is 3. The molecule has 198 valence electrons. The van der Waals surface area contributed by atoms with E-state index in [-0.39, 0.29) is 0 Å². The zero-order valence-corrected chi connectivity index (χ0v) is 22.9. The quantitative estimate of drug-likeness (QED) is 0.221. The van der Waals surface area contributed by atoms with Gasteiger partial charge in [-0.3, -0.25) is 0 Å². The summed E-state index contributed by atoms with van der Waals surface area (Å²) in [4.78, 5) is 0. The molecular formula is C33H45N3O. The zero-order chi connectivity index (χ0) is 25.7. The monoisotopic (exact) mass is 499 g/mol. The van der Waals surface area contributed by atoms with Gasteiger partial charge in [-0.2, -0.15) is 10.2 Å². The summed E-state index contributed by atoms with van der Waals surface area (Å²) in [5.41, 5.74) is 7.26. The molecule has 4 heteroatoms. The number of unbranched alkanes of at least 4 members (excludes halogenated alkanes) is 5. The molecule has 0 saturated carbocycles. The van der Waals surface area contributed by atoms with Crippen molar-refractivity contribution in [1.82, 2.24) is 15.5 Å².